The van der Waals surface area contributed by atoms with Crippen molar-refractivity contribution in [3.05, 3.63) is 65.2 Å². The first-order valence-electron chi connectivity index (χ1n) is 13.3. The Morgan fingerprint density at radius 3 is 2.03 bits per heavy atom. The van der Waals surface area contributed by atoms with Gasteiger partial charge in [-0.2, -0.15) is 0 Å². The zero-order valence-electron chi connectivity index (χ0n) is 21.5. The van der Waals surface area contributed by atoms with Gasteiger partial charge in [0.25, 0.3) is 0 Å². The number of hydrogen-bond donors (Lipinski definition) is 2. The van der Waals surface area contributed by atoms with E-state index in [0.717, 1.165) is 49.0 Å². The maximum absolute atomic E-state index is 10.7. The van der Waals surface area contributed by atoms with Gasteiger partial charge in [-0.3, -0.25) is 0 Å². The second kappa shape index (κ2) is 13.0. The van der Waals surface area contributed by atoms with Crippen LogP contribution < -0.4 is 4.74 Å². The van der Waals surface area contributed by atoms with Gasteiger partial charge in [-0.05, 0) is 37.0 Å². The number of hydrogen-bond acceptors (Lipinski definition) is 7. The molecule has 198 valence electrons. The molecule has 2 aliphatic rings. The van der Waals surface area contributed by atoms with Crippen LogP contribution in [0.4, 0.5) is 0 Å². The van der Waals surface area contributed by atoms with Crippen molar-refractivity contribution < 1.29 is 33.9 Å². The van der Waals surface area contributed by atoms with Crippen LogP contribution in [0.3, 0.4) is 0 Å². The van der Waals surface area contributed by atoms with Gasteiger partial charge in [0.15, 0.2) is 12.6 Å². The van der Waals surface area contributed by atoms with Crippen molar-refractivity contribution in [2.24, 2.45) is 0 Å². The van der Waals surface area contributed by atoms with Crippen LogP contribution >= 0.6 is 0 Å². The highest BCUT2D eigenvalue weighted by Crippen LogP contribution is 2.42. The molecule has 0 spiro atoms. The molecule has 0 radical (unpaired) electrons. The number of benzene rings is 2. The van der Waals surface area contributed by atoms with Gasteiger partial charge in [0.2, 0.25) is 0 Å². The van der Waals surface area contributed by atoms with Crippen LogP contribution in [-0.4, -0.2) is 53.9 Å². The van der Waals surface area contributed by atoms with Crippen molar-refractivity contribution in [3.8, 4) is 5.75 Å². The predicted octanol–water partition coefficient (Wildman–Crippen LogP) is 4.85. The number of aliphatic hydroxyl groups is 2. The number of rotatable bonds is 11. The van der Waals surface area contributed by atoms with E-state index < -0.39 is 43.6 Å². The van der Waals surface area contributed by atoms with Gasteiger partial charge in [0, 0.05) is 11.1 Å². The van der Waals surface area contributed by atoms with Crippen LogP contribution in [0, 0.1) is 0 Å². The van der Waals surface area contributed by atoms with Gasteiger partial charge in [-0.1, -0.05) is 70.0 Å². The minimum absolute atomic E-state index is 0.256. The van der Waals surface area contributed by atoms with E-state index in [1.54, 1.807) is 0 Å². The number of aliphatic hydroxyl groups excluding tert-OH is 2. The number of fused-ring (bicyclic) bond motifs is 1. The predicted molar refractivity (Wildman–Crippen MR) is 136 cm³/mol. The molecule has 7 atom stereocenters. The molecule has 4 rings (SSSR count). The summed E-state index contributed by atoms with van der Waals surface area (Å²) >= 11 is 0. The van der Waals surface area contributed by atoms with Crippen LogP contribution in [0.25, 0.3) is 0 Å². The van der Waals surface area contributed by atoms with Gasteiger partial charge in [-0.15, -0.1) is 0 Å². The van der Waals surface area contributed by atoms with E-state index in [1.807, 2.05) is 36.4 Å². The van der Waals surface area contributed by atoms with Gasteiger partial charge < -0.3 is 33.9 Å². The maximum atomic E-state index is 10.7. The summed E-state index contributed by atoms with van der Waals surface area (Å²) in [6.45, 7) is 6.55. The molecule has 3 unspecified atom stereocenters. The van der Waals surface area contributed by atoms with Crippen molar-refractivity contribution in [2.45, 2.75) is 96.0 Å². The molecule has 2 fully saturated rings. The Morgan fingerprint density at radius 2 is 1.42 bits per heavy atom. The molecule has 2 heterocycles. The highest BCUT2D eigenvalue weighted by molar-refractivity contribution is 5.28. The van der Waals surface area contributed by atoms with E-state index in [4.69, 9.17) is 23.7 Å². The van der Waals surface area contributed by atoms with Crippen molar-refractivity contribution in [3.63, 3.8) is 0 Å². The van der Waals surface area contributed by atoms with Gasteiger partial charge in [0.05, 0.1) is 19.3 Å². The molecule has 2 saturated heterocycles. The summed E-state index contributed by atoms with van der Waals surface area (Å²) in [4.78, 5) is 0. The van der Waals surface area contributed by atoms with Crippen molar-refractivity contribution in [1.29, 1.82) is 0 Å². The van der Waals surface area contributed by atoms with E-state index in [0.29, 0.717) is 6.61 Å². The molecule has 0 aromatic heterocycles. The Hall–Kier alpha value is -2.00. The molecule has 7 heteroatoms. The molecule has 2 N–H and O–H groups in total. The van der Waals surface area contributed by atoms with Crippen LogP contribution in [0.15, 0.2) is 48.5 Å². The molecular formula is C29H40O7. The van der Waals surface area contributed by atoms with E-state index in [1.165, 1.54) is 5.56 Å². The Morgan fingerprint density at radius 1 is 0.778 bits per heavy atom. The number of ether oxygens (including phenoxy) is 5. The van der Waals surface area contributed by atoms with Crippen molar-refractivity contribution in [1.82, 2.24) is 0 Å². The van der Waals surface area contributed by atoms with Crippen LogP contribution in [0.1, 0.15) is 75.7 Å². The summed E-state index contributed by atoms with van der Waals surface area (Å²) in [5.41, 5.74) is 2.97. The minimum Gasteiger partial charge on any atom is -0.494 e. The third-order valence-corrected chi connectivity index (χ3v) is 6.71. The Kier molecular flexibility index (Phi) is 9.76. The first kappa shape index (κ1) is 27.0. The zero-order valence-corrected chi connectivity index (χ0v) is 21.5. The number of aryl methyl sites for hydroxylation is 1. The van der Waals surface area contributed by atoms with Gasteiger partial charge in [-0.25, -0.2) is 0 Å². The lowest BCUT2D eigenvalue weighted by molar-refractivity contribution is -0.391. The molecule has 2 aromatic carbocycles. The molecule has 7 nitrogen and oxygen atoms in total. The normalized spacial score (nSPS) is 28.9. The first-order valence-corrected chi connectivity index (χ1v) is 13.3. The Labute approximate surface area is 214 Å². The molecule has 2 aliphatic heterocycles. The quantitative estimate of drug-likeness (QED) is 0.456. The van der Waals surface area contributed by atoms with Crippen LogP contribution in [0.2, 0.25) is 0 Å². The van der Waals surface area contributed by atoms with E-state index in [9.17, 15) is 10.2 Å². The second-order valence-electron chi connectivity index (χ2n) is 9.59. The van der Waals surface area contributed by atoms with Crippen LogP contribution in [0.5, 0.6) is 5.75 Å². The van der Waals surface area contributed by atoms with Gasteiger partial charge in [0.1, 0.15) is 30.2 Å². The molecule has 36 heavy (non-hydrogen) atoms. The molecule has 0 saturated carbocycles. The lowest BCUT2D eigenvalue weighted by Gasteiger charge is -2.50. The average molecular weight is 501 g/mol. The SMILES string of the molecule is CCCOc1ccc(C2OC(CCC)[C@@H]3OC(c4ccc(CCC)cc4)O[C@H]([C@H](O)CO)[C@@H]3O2)cc1. The van der Waals surface area contributed by atoms with E-state index in [-0.39, 0.29) is 6.10 Å². The fourth-order valence-corrected chi connectivity index (χ4v) is 4.84. The maximum Gasteiger partial charge on any atom is 0.184 e. The van der Waals surface area contributed by atoms with Crippen molar-refractivity contribution in [2.75, 3.05) is 13.2 Å². The fraction of sp³-hybridized carbons (Fsp3) is 0.586. The summed E-state index contributed by atoms with van der Waals surface area (Å²) in [6.07, 6.45) is 0.166. The highest BCUT2D eigenvalue weighted by atomic mass is 16.8. The summed E-state index contributed by atoms with van der Waals surface area (Å²) in [7, 11) is 0. The second-order valence-corrected chi connectivity index (χ2v) is 9.59. The summed E-state index contributed by atoms with van der Waals surface area (Å²) in [6, 6.07) is 15.8. The standard InChI is InChI=1S/C29H40O7/c1-4-7-19-9-11-20(12-10-19)29-34-25(23(31)18-30)27-26(35-29)24(8-5-2)33-28(36-27)21-13-15-22(16-14-21)32-17-6-3/h9-16,23-31H,4-8,17-18H2,1-3H3/t23-,24?,25-,26+,27+,28?,29?/m1/s1. The van der Waals surface area contributed by atoms with Crippen LogP contribution in [-0.2, 0) is 25.4 Å². The molecule has 2 aromatic rings. The molecule has 0 bridgehead atoms. The largest absolute Gasteiger partial charge is 0.494 e. The monoisotopic (exact) mass is 500 g/mol. The Balaban J connectivity index is 1.57. The summed E-state index contributed by atoms with van der Waals surface area (Å²) in [5.74, 6) is 0.796. The molecule has 0 aliphatic carbocycles. The molecule has 0 amide bonds. The zero-order chi connectivity index (χ0) is 25.5. The summed E-state index contributed by atoms with van der Waals surface area (Å²) in [5, 5.41) is 20.5. The topological polar surface area (TPSA) is 86.6 Å². The van der Waals surface area contributed by atoms with Gasteiger partial charge >= 0.3 is 0 Å². The molecular weight excluding hydrogens is 460 g/mol. The van der Waals surface area contributed by atoms with E-state index >= 15 is 0 Å². The minimum atomic E-state index is -1.12. The van der Waals surface area contributed by atoms with Crippen molar-refractivity contribution >= 4 is 0 Å². The highest BCUT2D eigenvalue weighted by Gasteiger charge is 2.51. The average Bonchev–Trinajstić information content (AvgIpc) is 2.92. The third kappa shape index (κ3) is 6.28. The van der Waals surface area contributed by atoms with E-state index in [2.05, 4.69) is 32.9 Å². The Bertz CT molecular complexity index is 916. The lowest BCUT2D eigenvalue weighted by Crippen LogP contribution is -2.61. The lowest BCUT2D eigenvalue weighted by atomic mass is 9.93. The third-order valence-electron chi connectivity index (χ3n) is 6.71. The smallest absolute Gasteiger partial charge is 0.184 e. The summed E-state index contributed by atoms with van der Waals surface area (Å²) < 4.78 is 31.1. The fourth-order valence-electron chi connectivity index (χ4n) is 4.84. The first-order chi connectivity index (χ1) is 17.6.